The Kier molecular flexibility index (Phi) is 6.03. The molecule has 2 rings (SSSR count). The second-order valence-corrected chi connectivity index (χ2v) is 5.73. The summed E-state index contributed by atoms with van der Waals surface area (Å²) in [7, 11) is 0. The summed E-state index contributed by atoms with van der Waals surface area (Å²) in [5.74, 6) is -1.74. The Bertz CT molecular complexity index is 768. The van der Waals surface area contributed by atoms with Crippen LogP contribution in [0.1, 0.15) is 19.4 Å². The molecule has 0 aliphatic carbocycles. The van der Waals surface area contributed by atoms with E-state index in [4.69, 9.17) is 21.1 Å². The molecule has 1 amide bonds. The zero-order valence-corrected chi connectivity index (χ0v) is 14.7. The maximum Gasteiger partial charge on any atom is 0.344 e. The van der Waals surface area contributed by atoms with Crippen LogP contribution in [0.3, 0.4) is 0 Å². The lowest BCUT2D eigenvalue weighted by molar-refractivity contribution is -0.167. The van der Waals surface area contributed by atoms with Gasteiger partial charge in [0.1, 0.15) is 0 Å². The average molecular weight is 367 g/mol. The Balaban J connectivity index is 2.50. The van der Waals surface area contributed by atoms with E-state index in [2.05, 4.69) is 10.3 Å². The highest BCUT2D eigenvalue weighted by Gasteiger charge is 2.49. The minimum absolute atomic E-state index is 0.0595. The fourth-order valence-corrected chi connectivity index (χ4v) is 2.77. The van der Waals surface area contributed by atoms with Crippen LogP contribution in [0.5, 0.6) is 0 Å². The van der Waals surface area contributed by atoms with Crippen LogP contribution in [0.15, 0.2) is 24.4 Å². The summed E-state index contributed by atoms with van der Waals surface area (Å²) in [5, 5.41) is 3.63. The van der Waals surface area contributed by atoms with E-state index >= 15 is 0 Å². The van der Waals surface area contributed by atoms with E-state index < -0.39 is 17.5 Å². The maximum absolute atomic E-state index is 12.5. The molecule has 0 radical (unpaired) electrons. The number of hydrogen-bond donors (Lipinski definition) is 2. The van der Waals surface area contributed by atoms with Gasteiger partial charge in [0.25, 0.3) is 0 Å². The Morgan fingerprint density at radius 3 is 2.44 bits per heavy atom. The van der Waals surface area contributed by atoms with Gasteiger partial charge in [0.05, 0.1) is 13.2 Å². The van der Waals surface area contributed by atoms with Crippen LogP contribution in [0.2, 0.25) is 5.02 Å². The molecule has 0 saturated heterocycles. The van der Waals surface area contributed by atoms with Gasteiger partial charge in [-0.2, -0.15) is 0 Å². The van der Waals surface area contributed by atoms with Gasteiger partial charge in [-0.25, -0.2) is 9.59 Å². The van der Waals surface area contributed by atoms with E-state index in [1.165, 1.54) is 0 Å². The van der Waals surface area contributed by atoms with Gasteiger partial charge in [0.15, 0.2) is 0 Å². The molecule has 1 heterocycles. The van der Waals surface area contributed by atoms with Crippen LogP contribution in [0, 0.1) is 0 Å². The molecule has 0 bridgehead atoms. The summed E-state index contributed by atoms with van der Waals surface area (Å²) in [6, 6.07) is 5.19. The van der Waals surface area contributed by atoms with Crippen LogP contribution in [-0.2, 0) is 30.3 Å². The smallest absolute Gasteiger partial charge is 0.344 e. The number of amides is 1. The van der Waals surface area contributed by atoms with Crippen molar-refractivity contribution < 1.29 is 23.9 Å². The third-order valence-corrected chi connectivity index (χ3v) is 3.97. The van der Waals surface area contributed by atoms with Crippen LogP contribution in [0.25, 0.3) is 10.9 Å². The fourth-order valence-electron chi connectivity index (χ4n) is 2.60. The zero-order valence-electron chi connectivity index (χ0n) is 13.9. The second-order valence-electron chi connectivity index (χ2n) is 5.29. The quantitative estimate of drug-likeness (QED) is 0.423. The fraction of sp³-hybridized carbons (Fsp3) is 0.353. The zero-order chi connectivity index (χ0) is 18.4. The first kappa shape index (κ1) is 18.8. The van der Waals surface area contributed by atoms with Crippen molar-refractivity contribution in [2.24, 2.45) is 0 Å². The number of halogens is 1. The van der Waals surface area contributed by atoms with E-state index in [1.54, 1.807) is 38.2 Å². The van der Waals surface area contributed by atoms with Crippen molar-refractivity contribution in [1.29, 1.82) is 0 Å². The van der Waals surface area contributed by atoms with Crippen LogP contribution < -0.4 is 5.32 Å². The van der Waals surface area contributed by atoms with Gasteiger partial charge in [-0.3, -0.25) is 4.79 Å². The largest absolute Gasteiger partial charge is 0.464 e. The molecule has 1 aromatic heterocycles. The van der Waals surface area contributed by atoms with Gasteiger partial charge in [-0.05, 0) is 31.5 Å². The summed E-state index contributed by atoms with van der Waals surface area (Å²) in [6.45, 7) is 3.35. The third-order valence-electron chi connectivity index (χ3n) is 3.74. The summed E-state index contributed by atoms with van der Waals surface area (Å²) in [6.07, 6.45) is 1.82. The molecular formula is C17H19ClN2O5. The first-order valence-corrected chi connectivity index (χ1v) is 8.17. The molecule has 0 aliphatic heterocycles. The minimum Gasteiger partial charge on any atom is -0.464 e. The van der Waals surface area contributed by atoms with Crippen molar-refractivity contribution in [2.45, 2.75) is 25.8 Å². The molecule has 8 heteroatoms. The SMILES string of the molecule is CCOC(=O)C(Cc1c[nH]c2cc(Cl)ccc12)(NC=O)C(=O)OCC. The Morgan fingerprint density at radius 1 is 1.24 bits per heavy atom. The highest BCUT2D eigenvalue weighted by atomic mass is 35.5. The molecule has 0 aliphatic rings. The summed E-state index contributed by atoms with van der Waals surface area (Å²) in [4.78, 5) is 39.2. The molecule has 0 atom stereocenters. The molecule has 25 heavy (non-hydrogen) atoms. The molecule has 2 N–H and O–H groups in total. The highest BCUT2D eigenvalue weighted by Crippen LogP contribution is 2.26. The molecule has 0 unspecified atom stereocenters. The number of fused-ring (bicyclic) bond motifs is 1. The number of ether oxygens (including phenoxy) is 2. The summed E-state index contributed by atoms with van der Waals surface area (Å²) < 4.78 is 10.0. The number of carbonyl (C=O) groups excluding carboxylic acids is 3. The van der Waals surface area contributed by atoms with E-state index in [9.17, 15) is 14.4 Å². The van der Waals surface area contributed by atoms with E-state index in [1.807, 2.05) is 0 Å². The number of carbonyl (C=O) groups is 3. The van der Waals surface area contributed by atoms with Crippen LogP contribution >= 0.6 is 11.6 Å². The molecule has 2 aromatic rings. The lowest BCUT2D eigenvalue weighted by Crippen LogP contribution is -2.60. The monoisotopic (exact) mass is 366 g/mol. The minimum atomic E-state index is -1.96. The first-order chi connectivity index (χ1) is 12.0. The van der Waals surface area contributed by atoms with E-state index in [0.717, 1.165) is 10.9 Å². The van der Waals surface area contributed by atoms with Crippen molar-refractivity contribution in [3.63, 3.8) is 0 Å². The molecule has 134 valence electrons. The van der Waals surface area contributed by atoms with Crippen molar-refractivity contribution in [1.82, 2.24) is 10.3 Å². The van der Waals surface area contributed by atoms with Gasteiger partial charge in [-0.15, -0.1) is 0 Å². The average Bonchev–Trinajstić information content (AvgIpc) is 2.96. The normalized spacial score (nSPS) is 11.2. The van der Waals surface area contributed by atoms with E-state index in [0.29, 0.717) is 17.0 Å². The van der Waals surface area contributed by atoms with Crippen LogP contribution in [-0.4, -0.2) is 42.1 Å². The number of aromatic amines is 1. The lowest BCUT2D eigenvalue weighted by atomic mass is 9.90. The lowest BCUT2D eigenvalue weighted by Gasteiger charge is -2.28. The van der Waals surface area contributed by atoms with Gasteiger partial charge in [0.2, 0.25) is 11.9 Å². The van der Waals surface area contributed by atoms with Crippen molar-refractivity contribution in [3.8, 4) is 0 Å². The van der Waals surface area contributed by atoms with Crippen molar-refractivity contribution in [3.05, 3.63) is 35.0 Å². The number of aromatic nitrogens is 1. The Hall–Kier alpha value is -2.54. The second kappa shape index (κ2) is 8.02. The van der Waals surface area contributed by atoms with Gasteiger partial charge in [0, 0.05) is 28.5 Å². The summed E-state index contributed by atoms with van der Waals surface area (Å²) >= 11 is 5.97. The number of esters is 2. The third kappa shape index (κ3) is 3.76. The number of benzene rings is 1. The number of nitrogens with one attached hydrogen (secondary N) is 2. The van der Waals surface area contributed by atoms with E-state index in [-0.39, 0.29) is 19.6 Å². The molecule has 7 nitrogen and oxygen atoms in total. The maximum atomic E-state index is 12.5. The van der Waals surface area contributed by atoms with Gasteiger partial charge < -0.3 is 19.8 Å². The predicted octanol–water partition coefficient (Wildman–Crippen LogP) is 1.97. The number of hydrogen-bond acceptors (Lipinski definition) is 5. The Labute approximate surface area is 149 Å². The molecule has 0 saturated carbocycles. The van der Waals surface area contributed by atoms with Gasteiger partial charge in [-0.1, -0.05) is 17.7 Å². The number of rotatable bonds is 8. The molecular weight excluding hydrogens is 348 g/mol. The standard InChI is InChI=1S/C17H19ClN2O5/c1-3-24-15(22)17(20-10-21,16(23)25-4-2)8-11-9-19-14-7-12(18)5-6-13(11)14/h5-7,9-10,19H,3-4,8H2,1-2H3,(H,20,21). The topological polar surface area (TPSA) is 97.5 Å². The Morgan fingerprint density at radius 2 is 1.88 bits per heavy atom. The predicted molar refractivity (Wildman–Crippen MR) is 92.2 cm³/mol. The molecule has 0 fully saturated rings. The van der Waals surface area contributed by atoms with Crippen molar-refractivity contribution in [2.75, 3.05) is 13.2 Å². The summed E-state index contributed by atoms with van der Waals surface area (Å²) in [5.41, 5.74) is -0.569. The number of H-pyrrole nitrogens is 1. The highest BCUT2D eigenvalue weighted by molar-refractivity contribution is 6.31. The van der Waals surface area contributed by atoms with Crippen LogP contribution in [0.4, 0.5) is 0 Å². The van der Waals surface area contributed by atoms with Crippen molar-refractivity contribution >= 4 is 40.9 Å². The molecule has 1 aromatic carbocycles. The first-order valence-electron chi connectivity index (χ1n) is 7.79. The molecule has 0 spiro atoms. The van der Waals surface area contributed by atoms with Gasteiger partial charge >= 0.3 is 11.9 Å².